The van der Waals surface area contributed by atoms with Crippen LogP contribution in [0.2, 0.25) is 0 Å². The molecule has 0 aromatic heterocycles. The normalized spacial score (nSPS) is 33.0. The number of nitrogens with zero attached hydrogens (tertiary/aromatic N) is 2. The molecular formula is C19H23N3O2. The van der Waals surface area contributed by atoms with Gasteiger partial charge < -0.3 is 9.64 Å². The van der Waals surface area contributed by atoms with Gasteiger partial charge in [0.25, 0.3) is 0 Å². The molecule has 126 valence electrons. The topological polar surface area (TPSA) is 56.6 Å². The summed E-state index contributed by atoms with van der Waals surface area (Å²) in [5.74, 6) is 0.865. The van der Waals surface area contributed by atoms with Crippen LogP contribution in [-0.4, -0.2) is 41.6 Å². The Morgan fingerprint density at radius 2 is 2.00 bits per heavy atom. The van der Waals surface area contributed by atoms with E-state index in [0.717, 1.165) is 32.1 Å². The van der Waals surface area contributed by atoms with Gasteiger partial charge in [-0.15, -0.1) is 0 Å². The molecular weight excluding hydrogens is 302 g/mol. The monoisotopic (exact) mass is 325 g/mol. The molecule has 1 aliphatic carbocycles. The van der Waals surface area contributed by atoms with Crippen LogP contribution in [0.15, 0.2) is 24.3 Å². The minimum Gasteiger partial charge on any atom is -0.468 e. The second-order valence-electron chi connectivity index (χ2n) is 7.57. The lowest BCUT2D eigenvalue weighted by atomic mass is 9.79. The van der Waals surface area contributed by atoms with Crippen molar-refractivity contribution < 1.29 is 9.53 Å². The third-order valence-electron chi connectivity index (χ3n) is 6.65. The number of methoxy groups -OCH3 is 1. The predicted octanol–water partition coefficient (Wildman–Crippen LogP) is 2.86. The van der Waals surface area contributed by atoms with E-state index in [2.05, 4.69) is 34.1 Å². The zero-order valence-corrected chi connectivity index (χ0v) is 14.0. The Bertz CT molecular complexity index is 725. The highest BCUT2D eigenvalue weighted by Gasteiger charge is 2.67. The van der Waals surface area contributed by atoms with Crippen molar-refractivity contribution in [2.75, 3.05) is 12.0 Å². The number of esters is 1. The molecule has 3 atom stereocenters. The van der Waals surface area contributed by atoms with Crippen molar-refractivity contribution in [1.82, 2.24) is 4.90 Å². The molecule has 0 radical (unpaired) electrons. The fraction of sp³-hybridized carbons (Fsp3) is 0.579. The number of anilines is 1. The second-order valence-corrected chi connectivity index (χ2v) is 7.57. The largest absolute Gasteiger partial charge is 0.468 e. The van der Waals surface area contributed by atoms with Gasteiger partial charge in [-0.05, 0) is 30.9 Å². The first kappa shape index (κ1) is 14.5. The maximum absolute atomic E-state index is 12.5. The molecule has 1 aromatic rings. The molecule has 3 fully saturated rings. The average Bonchev–Trinajstić information content (AvgIpc) is 3.22. The van der Waals surface area contributed by atoms with E-state index in [1.54, 1.807) is 0 Å². The van der Waals surface area contributed by atoms with Gasteiger partial charge in [-0.3, -0.25) is 15.1 Å². The number of carbonyl (C=O) groups excluding carboxylic acids is 1. The van der Waals surface area contributed by atoms with Gasteiger partial charge in [0.1, 0.15) is 11.9 Å². The zero-order valence-electron chi connectivity index (χ0n) is 14.0. The van der Waals surface area contributed by atoms with E-state index in [1.165, 1.54) is 24.8 Å². The van der Waals surface area contributed by atoms with Crippen molar-refractivity contribution in [2.45, 2.75) is 62.2 Å². The number of hydrogen-bond acceptors (Lipinski definition) is 4. The SMILES string of the molecule is COC(=O)[C@@H]1C[C@H]2c3ccccc3N3C(=N)C4(CCCCC4)N1[C@@H]23. The first-order valence-corrected chi connectivity index (χ1v) is 9.02. The van der Waals surface area contributed by atoms with E-state index in [9.17, 15) is 4.79 Å². The Labute approximate surface area is 142 Å². The molecule has 5 heteroatoms. The molecule has 2 saturated heterocycles. The number of fused-ring (bicyclic) bond motifs is 4. The van der Waals surface area contributed by atoms with E-state index >= 15 is 0 Å². The van der Waals surface area contributed by atoms with Gasteiger partial charge in [0.2, 0.25) is 0 Å². The Kier molecular flexibility index (Phi) is 2.90. The average molecular weight is 325 g/mol. The lowest BCUT2D eigenvalue weighted by Crippen LogP contribution is -2.55. The Hall–Kier alpha value is -1.88. The molecule has 5 rings (SSSR count). The quantitative estimate of drug-likeness (QED) is 0.807. The number of carbonyl (C=O) groups is 1. The van der Waals surface area contributed by atoms with Crippen LogP contribution in [-0.2, 0) is 9.53 Å². The molecule has 1 aromatic carbocycles. The Morgan fingerprint density at radius 1 is 1.25 bits per heavy atom. The molecule has 0 bridgehead atoms. The van der Waals surface area contributed by atoms with Crippen molar-refractivity contribution in [3.63, 3.8) is 0 Å². The molecule has 24 heavy (non-hydrogen) atoms. The van der Waals surface area contributed by atoms with Crippen LogP contribution in [0.25, 0.3) is 0 Å². The number of amidine groups is 1. The summed E-state index contributed by atoms with van der Waals surface area (Å²) < 4.78 is 5.14. The van der Waals surface area contributed by atoms with Gasteiger partial charge in [0.05, 0.1) is 18.8 Å². The lowest BCUT2D eigenvalue weighted by molar-refractivity contribution is -0.148. The predicted molar refractivity (Wildman–Crippen MR) is 91.3 cm³/mol. The summed E-state index contributed by atoms with van der Waals surface area (Å²) in [6.07, 6.45) is 6.41. The van der Waals surface area contributed by atoms with E-state index in [4.69, 9.17) is 10.1 Å². The summed E-state index contributed by atoms with van der Waals surface area (Å²) in [4.78, 5) is 17.1. The fourth-order valence-corrected chi connectivity index (χ4v) is 5.74. The van der Waals surface area contributed by atoms with E-state index in [1.807, 2.05) is 0 Å². The van der Waals surface area contributed by atoms with Crippen molar-refractivity contribution in [3.8, 4) is 0 Å². The minimum absolute atomic E-state index is 0.122. The van der Waals surface area contributed by atoms with E-state index < -0.39 is 0 Å². The smallest absolute Gasteiger partial charge is 0.323 e. The number of rotatable bonds is 1. The van der Waals surface area contributed by atoms with Crippen LogP contribution in [0.4, 0.5) is 5.69 Å². The van der Waals surface area contributed by atoms with Gasteiger partial charge in [-0.2, -0.15) is 0 Å². The van der Waals surface area contributed by atoms with Gasteiger partial charge in [-0.25, -0.2) is 0 Å². The van der Waals surface area contributed by atoms with E-state index in [-0.39, 0.29) is 23.7 Å². The minimum atomic E-state index is -0.274. The highest BCUT2D eigenvalue weighted by Crippen LogP contribution is 2.59. The molecule has 1 saturated carbocycles. The molecule has 1 spiro atoms. The lowest BCUT2D eigenvalue weighted by Gasteiger charge is -2.41. The Morgan fingerprint density at radius 3 is 2.75 bits per heavy atom. The first-order valence-electron chi connectivity index (χ1n) is 9.02. The summed E-state index contributed by atoms with van der Waals surface area (Å²) in [5.41, 5.74) is 2.19. The maximum atomic E-state index is 12.5. The second kappa shape index (κ2) is 4.82. The number of ether oxygens (including phenoxy) is 1. The number of nitrogens with one attached hydrogen (secondary N) is 1. The summed E-state index contributed by atoms with van der Waals surface area (Å²) in [7, 11) is 1.48. The highest BCUT2D eigenvalue weighted by molar-refractivity contribution is 6.08. The van der Waals surface area contributed by atoms with Crippen LogP contribution >= 0.6 is 0 Å². The van der Waals surface area contributed by atoms with Crippen LogP contribution in [0.3, 0.4) is 0 Å². The van der Waals surface area contributed by atoms with Crippen LogP contribution in [0, 0.1) is 5.41 Å². The molecule has 3 heterocycles. The van der Waals surface area contributed by atoms with Crippen molar-refractivity contribution in [1.29, 1.82) is 5.41 Å². The van der Waals surface area contributed by atoms with Gasteiger partial charge >= 0.3 is 5.97 Å². The van der Waals surface area contributed by atoms with Gasteiger partial charge in [0, 0.05) is 11.6 Å². The van der Waals surface area contributed by atoms with Crippen molar-refractivity contribution in [3.05, 3.63) is 29.8 Å². The van der Waals surface area contributed by atoms with Crippen molar-refractivity contribution in [2.24, 2.45) is 0 Å². The molecule has 1 N–H and O–H groups in total. The van der Waals surface area contributed by atoms with Crippen molar-refractivity contribution >= 4 is 17.5 Å². The Balaban J connectivity index is 1.68. The fourth-order valence-electron chi connectivity index (χ4n) is 5.74. The number of hydrogen-bond donors (Lipinski definition) is 1. The summed E-state index contributed by atoms with van der Waals surface area (Å²) in [6, 6.07) is 8.20. The van der Waals surface area contributed by atoms with Gasteiger partial charge in [0.15, 0.2) is 0 Å². The highest BCUT2D eigenvalue weighted by atomic mass is 16.5. The molecule has 3 aliphatic heterocycles. The van der Waals surface area contributed by atoms with Crippen LogP contribution < -0.4 is 4.90 Å². The van der Waals surface area contributed by atoms with Crippen LogP contribution in [0.1, 0.15) is 50.0 Å². The maximum Gasteiger partial charge on any atom is 0.323 e. The summed E-state index contributed by atoms with van der Waals surface area (Å²) in [5, 5.41) is 9.02. The standard InChI is InChI=1S/C19H23N3O2/c1-24-17(23)15-11-13-12-7-3-4-8-14(12)21-16(13)22(15)19(18(21)20)9-5-2-6-10-19/h3-4,7-8,13,15-16,20H,2,5-6,9-11H2,1H3/t13-,15-,16-/m0/s1. The summed E-state index contributed by atoms with van der Waals surface area (Å²) >= 11 is 0. The molecule has 5 nitrogen and oxygen atoms in total. The molecule has 4 aliphatic rings. The number of para-hydroxylation sites is 1. The molecule has 0 amide bonds. The van der Waals surface area contributed by atoms with Gasteiger partial charge in [-0.1, -0.05) is 37.5 Å². The third kappa shape index (κ3) is 1.54. The zero-order chi connectivity index (χ0) is 16.5. The number of benzene rings is 1. The first-order chi connectivity index (χ1) is 11.7. The van der Waals surface area contributed by atoms with E-state index in [0.29, 0.717) is 11.8 Å². The van der Waals surface area contributed by atoms with Crippen LogP contribution in [0.5, 0.6) is 0 Å². The third-order valence-corrected chi connectivity index (χ3v) is 6.65. The summed E-state index contributed by atoms with van der Waals surface area (Å²) in [6.45, 7) is 0. The molecule has 0 unspecified atom stereocenters.